The van der Waals surface area contributed by atoms with Crippen LogP contribution in [0.2, 0.25) is 0 Å². The molecule has 0 unspecified atom stereocenters. The molecule has 31 heavy (non-hydrogen) atoms. The average Bonchev–Trinajstić information content (AvgIpc) is 3.17. The normalized spacial score (nSPS) is 21.1. The summed E-state index contributed by atoms with van der Waals surface area (Å²) in [5, 5.41) is 1.50. The van der Waals surface area contributed by atoms with Crippen molar-refractivity contribution >= 4 is 62.1 Å². The van der Waals surface area contributed by atoms with Crippen LogP contribution in [0.25, 0.3) is 17.0 Å². The van der Waals surface area contributed by atoms with Gasteiger partial charge in [0.05, 0.1) is 0 Å². The Hall–Kier alpha value is -2.19. The van der Waals surface area contributed by atoms with E-state index >= 15 is 0 Å². The van der Waals surface area contributed by atoms with E-state index in [4.69, 9.17) is 12.2 Å². The number of fused-ring (bicyclic) bond motifs is 1. The molecule has 1 aromatic carbocycles. The summed E-state index contributed by atoms with van der Waals surface area (Å²) >= 11 is 8.97. The first-order valence-electron chi connectivity index (χ1n) is 10.7. The third-order valence-electron chi connectivity index (χ3n) is 6.25. The molecular weight excluding hydrogens is 476 g/mol. The van der Waals surface area contributed by atoms with Gasteiger partial charge in [-0.1, -0.05) is 15.9 Å². The summed E-state index contributed by atoms with van der Waals surface area (Å²) in [4.78, 5) is 31.3. The third kappa shape index (κ3) is 4.03. The lowest BCUT2D eigenvalue weighted by Gasteiger charge is -2.33. The number of halogens is 1. The van der Waals surface area contributed by atoms with Crippen molar-refractivity contribution in [2.75, 3.05) is 20.1 Å². The molecule has 2 aliphatic rings. The Morgan fingerprint density at radius 1 is 1.32 bits per heavy atom. The number of nitrogens with zero attached hydrogens (tertiary/aromatic N) is 4. The molecule has 164 valence electrons. The molecule has 6 nitrogen and oxygen atoms in total. The van der Waals surface area contributed by atoms with Gasteiger partial charge in [0.1, 0.15) is 12.2 Å². The van der Waals surface area contributed by atoms with Crippen molar-refractivity contribution < 1.29 is 9.59 Å². The maximum absolute atomic E-state index is 13.1. The quantitative estimate of drug-likeness (QED) is 0.463. The van der Waals surface area contributed by atoms with Gasteiger partial charge >= 0.3 is 0 Å². The number of amides is 2. The van der Waals surface area contributed by atoms with Gasteiger partial charge in [0.25, 0.3) is 5.91 Å². The van der Waals surface area contributed by atoms with E-state index in [9.17, 15) is 9.59 Å². The Morgan fingerprint density at radius 3 is 2.77 bits per heavy atom. The number of hydrogen-bond donors (Lipinski definition) is 0. The van der Waals surface area contributed by atoms with E-state index in [0.29, 0.717) is 17.4 Å². The van der Waals surface area contributed by atoms with E-state index in [1.807, 2.05) is 53.9 Å². The van der Waals surface area contributed by atoms with Crippen LogP contribution in [0.15, 0.2) is 34.6 Å². The molecule has 0 saturated carbocycles. The molecule has 2 saturated heterocycles. The number of carbonyl (C=O) groups excluding carboxylic acids is 2. The zero-order valence-electron chi connectivity index (χ0n) is 18.1. The first-order chi connectivity index (χ1) is 14.8. The van der Waals surface area contributed by atoms with Gasteiger partial charge in [0.2, 0.25) is 5.91 Å². The van der Waals surface area contributed by atoms with Crippen LogP contribution < -0.4 is 0 Å². The molecule has 0 N–H and O–H groups in total. The van der Waals surface area contributed by atoms with Gasteiger partial charge in [-0.3, -0.25) is 14.5 Å². The maximum atomic E-state index is 13.1. The molecule has 2 aromatic rings. The van der Waals surface area contributed by atoms with E-state index in [1.165, 1.54) is 6.42 Å². The van der Waals surface area contributed by atoms with Crippen LogP contribution in [0.4, 0.5) is 0 Å². The van der Waals surface area contributed by atoms with Crippen LogP contribution in [0.5, 0.6) is 0 Å². The number of benzene rings is 1. The van der Waals surface area contributed by atoms with E-state index in [0.717, 1.165) is 40.3 Å². The fourth-order valence-electron chi connectivity index (χ4n) is 4.49. The minimum Gasteiger partial charge on any atom is -0.338 e. The Labute approximate surface area is 196 Å². The van der Waals surface area contributed by atoms with Crippen molar-refractivity contribution in [2.24, 2.45) is 0 Å². The SMILES string of the molecule is CCN1C(=O)/C(=C/c2cn(CC(=O)N3CCCC[C@@H]3C)c3ccc(Br)cc23)N(C)C1=S. The van der Waals surface area contributed by atoms with Crippen LogP contribution in [-0.2, 0) is 16.1 Å². The molecule has 4 rings (SSSR count). The van der Waals surface area contributed by atoms with E-state index in [-0.39, 0.29) is 24.4 Å². The fourth-order valence-corrected chi connectivity index (χ4v) is 5.16. The maximum Gasteiger partial charge on any atom is 0.276 e. The van der Waals surface area contributed by atoms with Crippen LogP contribution in [-0.4, -0.2) is 62.4 Å². The topological polar surface area (TPSA) is 48.8 Å². The molecule has 0 aliphatic carbocycles. The van der Waals surface area contributed by atoms with E-state index < -0.39 is 0 Å². The molecule has 3 heterocycles. The number of piperidine rings is 1. The van der Waals surface area contributed by atoms with Gasteiger partial charge in [-0.25, -0.2) is 0 Å². The predicted molar refractivity (Wildman–Crippen MR) is 130 cm³/mol. The molecule has 2 amide bonds. The summed E-state index contributed by atoms with van der Waals surface area (Å²) in [5.41, 5.74) is 2.41. The second-order valence-corrected chi connectivity index (χ2v) is 9.51. The highest BCUT2D eigenvalue weighted by molar-refractivity contribution is 9.10. The minimum absolute atomic E-state index is 0.0934. The van der Waals surface area contributed by atoms with Crippen molar-refractivity contribution in [3.05, 3.63) is 40.1 Å². The van der Waals surface area contributed by atoms with Gasteiger partial charge in [-0.05, 0) is 69.6 Å². The Morgan fingerprint density at radius 2 is 2.10 bits per heavy atom. The van der Waals surface area contributed by atoms with Crippen molar-refractivity contribution in [3.63, 3.8) is 0 Å². The Bertz CT molecular complexity index is 1090. The first-order valence-corrected chi connectivity index (χ1v) is 11.9. The molecular formula is C23H27BrN4O2S. The van der Waals surface area contributed by atoms with Crippen molar-refractivity contribution in [2.45, 2.75) is 45.7 Å². The highest BCUT2D eigenvalue weighted by atomic mass is 79.9. The van der Waals surface area contributed by atoms with E-state index in [1.54, 1.807) is 9.80 Å². The molecule has 0 bridgehead atoms. The van der Waals surface area contributed by atoms with Crippen molar-refractivity contribution in [3.8, 4) is 0 Å². The number of thiocarbonyl (C=S) groups is 1. The summed E-state index contributed by atoms with van der Waals surface area (Å²) in [6.07, 6.45) is 7.15. The number of rotatable bonds is 4. The van der Waals surface area contributed by atoms with Crippen molar-refractivity contribution in [1.82, 2.24) is 19.3 Å². The summed E-state index contributed by atoms with van der Waals surface area (Å²) in [6, 6.07) is 6.30. The van der Waals surface area contributed by atoms with E-state index in [2.05, 4.69) is 22.9 Å². The van der Waals surface area contributed by atoms with Gasteiger partial charge in [-0.15, -0.1) is 0 Å². The first kappa shape index (κ1) is 22.0. The van der Waals surface area contributed by atoms with Crippen LogP contribution >= 0.6 is 28.1 Å². The second kappa shape index (κ2) is 8.74. The average molecular weight is 503 g/mol. The molecule has 0 radical (unpaired) electrons. The number of likely N-dealkylation sites (tertiary alicyclic amines) is 1. The zero-order valence-corrected chi connectivity index (χ0v) is 20.5. The zero-order chi connectivity index (χ0) is 22.3. The Balaban J connectivity index is 1.72. The predicted octanol–water partition coefficient (Wildman–Crippen LogP) is 4.22. The number of hydrogen-bond acceptors (Lipinski definition) is 3. The summed E-state index contributed by atoms with van der Waals surface area (Å²) < 4.78 is 2.94. The van der Waals surface area contributed by atoms with Gasteiger partial charge in [0.15, 0.2) is 5.11 Å². The molecule has 1 atom stereocenters. The standard InChI is InChI=1S/C23H27BrN4O2S/c1-4-27-22(30)20(25(3)23(27)31)11-16-13-26(19-9-8-17(24)12-18(16)19)14-21(29)28-10-6-5-7-15(28)2/h8-9,11-13,15H,4-7,10,14H2,1-3H3/b20-11-/t15-/m0/s1. The largest absolute Gasteiger partial charge is 0.338 e. The lowest BCUT2D eigenvalue weighted by Crippen LogP contribution is -2.43. The number of carbonyl (C=O) groups is 2. The van der Waals surface area contributed by atoms with Crippen LogP contribution in [0.1, 0.15) is 38.7 Å². The van der Waals surface area contributed by atoms with Crippen molar-refractivity contribution in [1.29, 1.82) is 0 Å². The van der Waals surface area contributed by atoms with Gasteiger partial charge < -0.3 is 14.4 Å². The molecule has 0 spiro atoms. The third-order valence-corrected chi connectivity index (χ3v) is 7.24. The van der Waals surface area contributed by atoms with Gasteiger partial charge in [-0.2, -0.15) is 0 Å². The lowest BCUT2D eigenvalue weighted by molar-refractivity contribution is -0.135. The molecule has 2 fully saturated rings. The smallest absolute Gasteiger partial charge is 0.276 e. The second-order valence-electron chi connectivity index (χ2n) is 8.23. The molecule has 8 heteroatoms. The van der Waals surface area contributed by atoms with Crippen LogP contribution in [0, 0.1) is 0 Å². The van der Waals surface area contributed by atoms with Gasteiger partial charge in [0, 0.05) is 53.3 Å². The molecule has 2 aliphatic heterocycles. The summed E-state index contributed by atoms with van der Waals surface area (Å²) in [5.74, 6) is 0.0442. The number of likely N-dealkylation sites (N-methyl/N-ethyl adjacent to an activating group) is 2. The minimum atomic E-state index is -0.0934. The Kier molecular flexibility index (Phi) is 6.21. The summed E-state index contributed by atoms with van der Waals surface area (Å²) in [7, 11) is 1.82. The summed E-state index contributed by atoms with van der Waals surface area (Å²) in [6.45, 7) is 5.69. The highest BCUT2D eigenvalue weighted by Crippen LogP contribution is 2.30. The number of aromatic nitrogens is 1. The molecule has 1 aromatic heterocycles. The fraction of sp³-hybridized carbons (Fsp3) is 0.435. The monoisotopic (exact) mass is 502 g/mol. The van der Waals surface area contributed by atoms with Crippen LogP contribution in [0.3, 0.4) is 0 Å². The lowest BCUT2D eigenvalue weighted by atomic mass is 10.0. The highest BCUT2D eigenvalue weighted by Gasteiger charge is 2.34.